The summed E-state index contributed by atoms with van der Waals surface area (Å²) >= 11 is 0. The molecule has 0 fully saturated rings. The standard InChI is InChI=1S/2C11H20N.2ClH.Fe/c2*1-12(2,3)10-6-9-11-7-4-5-8-11;;;/h2*4-5,7H,6,8-10H2,1-3H3;2*1H;/q2*+1;;;+2/p-2. The van der Waals surface area contributed by atoms with Crippen molar-refractivity contribution < 1.29 is 50.8 Å². The molecule has 0 bridgehead atoms. The fraction of sp³-hybridized carbons (Fsp3) is 0.636. The minimum absolute atomic E-state index is 0. The van der Waals surface area contributed by atoms with Crippen LogP contribution < -0.4 is 24.8 Å². The van der Waals surface area contributed by atoms with E-state index in [1.54, 1.807) is 11.1 Å². The van der Waals surface area contributed by atoms with Crippen LogP contribution in [0.5, 0.6) is 0 Å². The topological polar surface area (TPSA) is 0 Å². The summed E-state index contributed by atoms with van der Waals surface area (Å²) in [6, 6.07) is 0. The molecule has 27 heavy (non-hydrogen) atoms. The Hall–Kier alpha value is -0.0205. The molecule has 0 amide bonds. The van der Waals surface area contributed by atoms with Gasteiger partial charge in [0.05, 0.1) is 55.4 Å². The maximum atomic E-state index is 2.26. The van der Waals surface area contributed by atoms with Crippen LogP contribution >= 0.6 is 0 Å². The van der Waals surface area contributed by atoms with Crippen LogP contribution in [0.1, 0.15) is 38.5 Å². The van der Waals surface area contributed by atoms with Gasteiger partial charge in [-0.1, -0.05) is 47.6 Å². The molecule has 2 nitrogen and oxygen atoms in total. The summed E-state index contributed by atoms with van der Waals surface area (Å²) in [4.78, 5) is 0. The molecule has 0 saturated carbocycles. The average molecular weight is 459 g/mol. The molecule has 158 valence electrons. The van der Waals surface area contributed by atoms with Crippen molar-refractivity contribution >= 4 is 0 Å². The fourth-order valence-corrected chi connectivity index (χ4v) is 2.91. The van der Waals surface area contributed by atoms with Crippen LogP contribution in [0.4, 0.5) is 0 Å². The molecule has 5 heteroatoms. The first kappa shape index (κ1) is 31.7. The summed E-state index contributed by atoms with van der Waals surface area (Å²) in [7, 11) is 13.5. The van der Waals surface area contributed by atoms with Crippen molar-refractivity contribution in [3.8, 4) is 0 Å². The van der Waals surface area contributed by atoms with Gasteiger partial charge < -0.3 is 33.8 Å². The van der Waals surface area contributed by atoms with Crippen LogP contribution in [0.15, 0.2) is 47.6 Å². The van der Waals surface area contributed by atoms with E-state index in [0.29, 0.717) is 0 Å². The van der Waals surface area contributed by atoms with Crippen LogP contribution in [0, 0.1) is 0 Å². The minimum Gasteiger partial charge on any atom is -1.00 e. The third-order valence-electron chi connectivity index (χ3n) is 4.35. The van der Waals surface area contributed by atoms with E-state index >= 15 is 0 Å². The van der Waals surface area contributed by atoms with Crippen molar-refractivity contribution in [2.24, 2.45) is 0 Å². The number of hydrogen-bond acceptors (Lipinski definition) is 0. The molecule has 0 atom stereocenters. The third kappa shape index (κ3) is 19.1. The van der Waals surface area contributed by atoms with Crippen LogP contribution in [-0.2, 0) is 17.1 Å². The molecule has 0 aromatic carbocycles. The monoisotopic (exact) mass is 458 g/mol. The van der Waals surface area contributed by atoms with E-state index in [4.69, 9.17) is 0 Å². The summed E-state index contributed by atoms with van der Waals surface area (Å²) < 4.78 is 2.17. The molecular weight excluding hydrogens is 419 g/mol. The zero-order valence-electron chi connectivity index (χ0n) is 18.1. The minimum atomic E-state index is 0. The number of allylic oxidation sites excluding steroid dienone is 8. The summed E-state index contributed by atoms with van der Waals surface area (Å²) in [5.41, 5.74) is 3.20. The Labute approximate surface area is 191 Å². The van der Waals surface area contributed by atoms with E-state index in [2.05, 4.69) is 78.7 Å². The Morgan fingerprint density at radius 2 is 1.00 bits per heavy atom. The van der Waals surface area contributed by atoms with Crippen LogP contribution in [0.3, 0.4) is 0 Å². The van der Waals surface area contributed by atoms with Gasteiger partial charge in [0.25, 0.3) is 0 Å². The molecule has 2 rings (SSSR count). The third-order valence-corrected chi connectivity index (χ3v) is 4.35. The van der Waals surface area contributed by atoms with Gasteiger partial charge in [0.2, 0.25) is 0 Å². The van der Waals surface area contributed by atoms with E-state index < -0.39 is 0 Å². The van der Waals surface area contributed by atoms with E-state index in [9.17, 15) is 0 Å². The largest absolute Gasteiger partial charge is 2.00 e. The summed E-state index contributed by atoms with van der Waals surface area (Å²) in [6.07, 6.45) is 20.9. The van der Waals surface area contributed by atoms with Crippen molar-refractivity contribution in [1.29, 1.82) is 0 Å². The summed E-state index contributed by atoms with van der Waals surface area (Å²) in [5.74, 6) is 0. The van der Waals surface area contributed by atoms with Crippen molar-refractivity contribution in [1.82, 2.24) is 0 Å². The number of nitrogens with zero attached hydrogens (tertiary/aromatic N) is 2. The fourth-order valence-electron chi connectivity index (χ4n) is 2.91. The average Bonchev–Trinajstić information content (AvgIpc) is 3.09. The molecule has 2 aliphatic carbocycles. The van der Waals surface area contributed by atoms with Crippen molar-refractivity contribution in [3.05, 3.63) is 47.6 Å². The number of quaternary nitrogens is 2. The van der Waals surface area contributed by atoms with Crippen molar-refractivity contribution in [3.63, 3.8) is 0 Å². The molecule has 2 aliphatic rings. The molecule has 0 aromatic rings. The Kier molecular flexibility index (Phi) is 18.6. The van der Waals surface area contributed by atoms with Gasteiger partial charge in [-0.05, 0) is 25.7 Å². The van der Waals surface area contributed by atoms with E-state index in [1.807, 2.05) is 0 Å². The molecule has 0 N–H and O–H groups in total. The van der Waals surface area contributed by atoms with Gasteiger partial charge in [-0.25, -0.2) is 0 Å². The second-order valence-electron chi connectivity index (χ2n) is 9.15. The van der Waals surface area contributed by atoms with Gasteiger partial charge in [-0.15, -0.1) is 0 Å². The summed E-state index contributed by atoms with van der Waals surface area (Å²) in [6.45, 7) is 2.55. The number of hydrogen-bond donors (Lipinski definition) is 0. The molecule has 0 heterocycles. The molecular formula is C22H40Cl2FeN2+2. The molecule has 0 spiro atoms. The maximum absolute atomic E-state index is 2.26. The first-order valence-electron chi connectivity index (χ1n) is 9.46. The van der Waals surface area contributed by atoms with Gasteiger partial charge in [-0.3, -0.25) is 0 Å². The number of rotatable bonds is 8. The smallest absolute Gasteiger partial charge is 1.00 e. The Morgan fingerprint density at radius 3 is 1.22 bits per heavy atom. The first-order chi connectivity index (χ1) is 11.2. The normalized spacial score (nSPS) is 14.9. The molecule has 0 radical (unpaired) electrons. The van der Waals surface area contributed by atoms with Gasteiger partial charge in [0.15, 0.2) is 0 Å². The number of halogens is 2. The SMILES string of the molecule is C[N+](C)(C)CCCC1=CC=CC1.C[N+](C)(C)CCCC1=CC=CC1.[Cl-].[Cl-].[Fe+2]. The van der Waals surface area contributed by atoms with Crippen LogP contribution in [0.25, 0.3) is 0 Å². The maximum Gasteiger partial charge on any atom is 2.00 e. The zero-order valence-corrected chi connectivity index (χ0v) is 20.7. The second kappa shape index (κ2) is 15.9. The van der Waals surface area contributed by atoms with Crippen LogP contribution in [0.2, 0.25) is 0 Å². The van der Waals surface area contributed by atoms with Gasteiger partial charge in [0, 0.05) is 12.8 Å². The van der Waals surface area contributed by atoms with Gasteiger partial charge in [-0.2, -0.15) is 0 Å². The molecule has 0 aliphatic heterocycles. The predicted molar refractivity (Wildman–Crippen MR) is 108 cm³/mol. The zero-order chi connectivity index (χ0) is 18.1. The molecule has 0 unspecified atom stereocenters. The molecule has 0 aromatic heterocycles. The van der Waals surface area contributed by atoms with Crippen molar-refractivity contribution in [2.75, 3.05) is 55.4 Å². The summed E-state index contributed by atoms with van der Waals surface area (Å²) in [5, 5.41) is 0. The Balaban J connectivity index is -0.000000384. The van der Waals surface area contributed by atoms with E-state index in [-0.39, 0.29) is 41.9 Å². The first-order valence-corrected chi connectivity index (χ1v) is 9.46. The van der Waals surface area contributed by atoms with E-state index in [0.717, 1.165) is 8.97 Å². The van der Waals surface area contributed by atoms with Crippen molar-refractivity contribution in [2.45, 2.75) is 38.5 Å². The Morgan fingerprint density at radius 1 is 0.667 bits per heavy atom. The quantitative estimate of drug-likeness (QED) is 0.314. The Bertz CT molecular complexity index is 449. The predicted octanol–water partition coefficient (Wildman–Crippen LogP) is -1.28. The van der Waals surface area contributed by atoms with Gasteiger partial charge >= 0.3 is 17.1 Å². The second-order valence-corrected chi connectivity index (χ2v) is 9.15. The van der Waals surface area contributed by atoms with Gasteiger partial charge in [0.1, 0.15) is 0 Å². The van der Waals surface area contributed by atoms with Crippen LogP contribution in [-0.4, -0.2) is 64.3 Å². The molecule has 0 saturated heterocycles. The van der Waals surface area contributed by atoms with E-state index in [1.165, 1.54) is 51.6 Å².